The number of carbonyl (C=O) groups excluding carboxylic acids is 3. The molecule has 1 aliphatic rings. The summed E-state index contributed by atoms with van der Waals surface area (Å²) in [5.74, 6) is -1.29. The van der Waals surface area contributed by atoms with Gasteiger partial charge in [0.15, 0.2) is 0 Å². The molecular weight excluding hydrogens is 390 g/mol. The largest absolute Gasteiger partial charge is 0.461 e. The predicted octanol–water partition coefficient (Wildman–Crippen LogP) is 2.19. The van der Waals surface area contributed by atoms with Crippen molar-refractivity contribution in [1.29, 1.82) is 0 Å². The normalized spacial score (nSPS) is 13.5. The SMILES string of the molecule is C[C@H](CC(=O)OCc1ccccc1)NC(=O)CN1Cc2ccc([N+](=O)[O-])cc2C1=O. The predicted molar refractivity (Wildman–Crippen MR) is 106 cm³/mol. The van der Waals surface area contributed by atoms with E-state index in [2.05, 4.69) is 5.32 Å². The van der Waals surface area contributed by atoms with Crippen molar-refractivity contribution in [3.63, 3.8) is 0 Å². The Morgan fingerprint density at radius 3 is 2.67 bits per heavy atom. The maximum atomic E-state index is 12.4. The molecule has 1 aliphatic heterocycles. The molecule has 0 saturated carbocycles. The average molecular weight is 411 g/mol. The molecule has 9 heteroatoms. The summed E-state index contributed by atoms with van der Waals surface area (Å²) in [6.45, 7) is 1.83. The maximum absolute atomic E-state index is 12.4. The first-order valence-corrected chi connectivity index (χ1v) is 9.39. The Morgan fingerprint density at radius 1 is 1.23 bits per heavy atom. The van der Waals surface area contributed by atoms with Crippen LogP contribution in [0.5, 0.6) is 0 Å². The summed E-state index contributed by atoms with van der Waals surface area (Å²) in [5.41, 5.74) is 1.57. The second kappa shape index (κ2) is 9.17. The van der Waals surface area contributed by atoms with Crippen molar-refractivity contribution in [1.82, 2.24) is 10.2 Å². The highest BCUT2D eigenvalue weighted by Crippen LogP contribution is 2.26. The molecule has 1 atom stereocenters. The molecule has 2 amide bonds. The minimum atomic E-state index is -0.568. The van der Waals surface area contributed by atoms with Gasteiger partial charge in [-0.2, -0.15) is 0 Å². The molecule has 0 unspecified atom stereocenters. The van der Waals surface area contributed by atoms with E-state index >= 15 is 0 Å². The van der Waals surface area contributed by atoms with Crippen LogP contribution in [0.4, 0.5) is 5.69 Å². The second-order valence-electron chi connectivity index (χ2n) is 7.08. The van der Waals surface area contributed by atoms with Gasteiger partial charge in [-0.3, -0.25) is 24.5 Å². The van der Waals surface area contributed by atoms with Crippen LogP contribution >= 0.6 is 0 Å². The van der Waals surface area contributed by atoms with E-state index < -0.39 is 28.7 Å². The van der Waals surface area contributed by atoms with Crippen LogP contribution in [0.3, 0.4) is 0 Å². The van der Waals surface area contributed by atoms with Gasteiger partial charge in [0.2, 0.25) is 5.91 Å². The summed E-state index contributed by atoms with van der Waals surface area (Å²) in [6.07, 6.45) is -0.00105. The molecule has 0 fully saturated rings. The van der Waals surface area contributed by atoms with Crippen LogP contribution in [0.2, 0.25) is 0 Å². The number of ether oxygens (including phenoxy) is 1. The summed E-state index contributed by atoms with van der Waals surface area (Å²) < 4.78 is 5.19. The van der Waals surface area contributed by atoms with E-state index in [0.717, 1.165) is 5.56 Å². The number of nitrogens with zero attached hydrogens (tertiary/aromatic N) is 2. The molecule has 30 heavy (non-hydrogen) atoms. The number of fused-ring (bicyclic) bond motifs is 1. The molecule has 0 radical (unpaired) electrons. The minimum Gasteiger partial charge on any atom is -0.461 e. The lowest BCUT2D eigenvalue weighted by atomic mass is 10.1. The van der Waals surface area contributed by atoms with Gasteiger partial charge in [0.25, 0.3) is 11.6 Å². The van der Waals surface area contributed by atoms with E-state index in [-0.39, 0.29) is 37.4 Å². The van der Waals surface area contributed by atoms with Crippen molar-refractivity contribution in [2.45, 2.75) is 32.5 Å². The number of nitro benzene ring substituents is 1. The van der Waals surface area contributed by atoms with Crippen LogP contribution in [-0.4, -0.2) is 40.2 Å². The lowest BCUT2D eigenvalue weighted by Crippen LogP contribution is -2.42. The van der Waals surface area contributed by atoms with Crippen molar-refractivity contribution in [3.05, 3.63) is 75.3 Å². The van der Waals surface area contributed by atoms with Gasteiger partial charge in [-0.15, -0.1) is 0 Å². The third-order valence-electron chi connectivity index (χ3n) is 4.64. The maximum Gasteiger partial charge on any atom is 0.308 e. The van der Waals surface area contributed by atoms with Crippen LogP contribution in [0, 0.1) is 10.1 Å². The topological polar surface area (TPSA) is 119 Å². The summed E-state index contributed by atoms with van der Waals surface area (Å²) >= 11 is 0. The van der Waals surface area contributed by atoms with Gasteiger partial charge in [0.05, 0.1) is 16.9 Å². The van der Waals surface area contributed by atoms with Gasteiger partial charge in [-0.1, -0.05) is 30.3 Å². The van der Waals surface area contributed by atoms with Crippen molar-refractivity contribution in [3.8, 4) is 0 Å². The molecule has 0 aromatic heterocycles. The van der Waals surface area contributed by atoms with Crippen LogP contribution in [-0.2, 0) is 27.5 Å². The fourth-order valence-corrected chi connectivity index (χ4v) is 3.18. The van der Waals surface area contributed by atoms with E-state index in [4.69, 9.17) is 4.74 Å². The van der Waals surface area contributed by atoms with Gasteiger partial charge >= 0.3 is 5.97 Å². The third kappa shape index (κ3) is 5.19. The number of rotatable bonds is 8. The average Bonchev–Trinajstić information content (AvgIpc) is 3.01. The van der Waals surface area contributed by atoms with Gasteiger partial charge < -0.3 is 15.0 Å². The molecule has 156 valence electrons. The first-order chi connectivity index (χ1) is 14.3. The van der Waals surface area contributed by atoms with Crippen LogP contribution in [0.25, 0.3) is 0 Å². The standard InChI is InChI=1S/C21H21N3O6/c1-14(9-20(26)30-13-15-5-3-2-4-6-15)22-19(25)12-23-11-16-7-8-17(24(28)29)10-18(16)21(23)27/h2-8,10,14H,9,11-13H2,1H3,(H,22,25)/t14-/m1/s1. The molecule has 0 aliphatic carbocycles. The molecule has 2 aromatic rings. The number of hydrogen-bond acceptors (Lipinski definition) is 6. The monoisotopic (exact) mass is 411 g/mol. The Balaban J connectivity index is 1.46. The molecule has 9 nitrogen and oxygen atoms in total. The first-order valence-electron chi connectivity index (χ1n) is 9.39. The first kappa shape index (κ1) is 21.0. The molecule has 0 spiro atoms. The molecular formula is C21H21N3O6. The summed E-state index contributed by atoms with van der Waals surface area (Å²) in [6, 6.07) is 12.9. The van der Waals surface area contributed by atoms with E-state index in [1.807, 2.05) is 30.3 Å². The molecule has 2 aromatic carbocycles. The summed E-state index contributed by atoms with van der Waals surface area (Å²) in [4.78, 5) is 48.3. The number of non-ortho nitro benzene ring substituents is 1. The number of carbonyl (C=O) groups is 3. The Morgan fingerprint density at radius 2 is 1.97 bits per heavy atom. The van der Waals surface area contributed by atoms with E-state index in [1.165, 1.54) is 23.1 Å². The summed E-state index contributed by atoms with van der Waals surface area (Å²) in [5, 5.41) is 13.6. The fraction of sp³-hybridized carbons (Fsp3) is 0.286. The zero-order chi connectivity index (χ0) is 21.7. The number of esters is 1. The lowest BCUT2D eigenvalue weighted by molar-refractivity contribution is -0.384. The highest BCUT2D eigenvalue weighted by atomic mass is 16.6. The number of hydrogen-bond donors (Lipinski definition) is 1. The minimum absolute atomic E-state index is 0.00105. The Labute approximate surface area is 172 Å². The van der Waals surface area contributed by atoms with Crippen LogP contribution in [0.1, 0.15) is 34.8 Å². The second-order valence-corrected chi connectivity index (χ2v) is 7.08. The van der Waals surface area contributed by atoms with Crippen molar-refractivity contribution in [2.24, 2.45) is 0 Å². The van der Waals surface area contributed by atoms with E-state index in [9.17, 15) is 24.5 Å². The number of nitro groups is 1. The van der Waals surface area contributed by atoms with Crippen molar-refractivity contribution < 1.29 is 24.0 Å². The smallest absolute Gasteiger partial charge is 0.308 e. The fourth-order valence-electron chi connectivity index (χ4n) is 3.18. The zero-order valence-electron chi connectivity index (χ0n) is 16.4. The van der Waals surface area contributed by atoms with Gasteiger partial charge in [-0.05, 0) is 24.1 Å². The Kier molecular flexibility index (Phi) is 6.41. The number of benzene rings is 2. The molecule has 1 heterocycles. The summed E-state index contributed by atoms with van der Waals surface area (Å²) in [7, 11) is 0. The molecule has 0 saturated heterocycles. The Hall–Kier alpha value is -3.75. The van der Waals surface area contributed by atoms with Gasteiger partial charge in [-0.25, -0.2) is 0 Å². The highest BCUT2D eigenvalue weighted by molar-refractivity contribution is 6.00. The highest BCUT2D eigenvalue weighted by Gasteiger charge is 2.30. The lowest BCUT2D eigenvalue weighted by Gasteiger charge is -2.18. The van der Waals surface area contributed by atoms with E-state index in [1.54, 1.807) is 6.92 Å². The zero-order valence-corrected chi connectivity index (χ0v) is 16.4. The molecule has 0 bridgehead atoms. The van der Waals surface area contributed by atoms with Crippen LogP contribution < -0.4 is 5.32 Å². The van der Waals surface area contributed by atoms with Crippen molar-refractivity contribution in [2.75, 3.05) is 6.54 Å². The van der Waals surface area contributed by atoms with Gasteiger partial charge in [0.1, 0.15) is 13.2 Å². The quantitative estimate of drug-likeness (QED) is 0.404. The third-order valence-corrected chi connectivity index (χ3v) is 4.64. The van der Waals surface area contributed by atoms with Crippen molar-refractivity contribution >= 4 is 23.5 Å². The van der Waals surface area contributed by atoms with Crippen LogP contribution in [0.15, 0.2) is 48.5 Å². The molecule has 1 N–H and O–H groups in total. The Bertz CT molecular complexity index is 976. The number of amides is 2. The van der Waals surface area contributed by atoms with Gasteiger partial charge in [0, 0.05) is 24.7 Å². The molecule has 3 rings (SSSR count). The number of nitrogens with one attached hydrogen (secondary N) is 1. The van der Waals surface area contributed by atoms with E-state index in [0.29, 0.717) is 5.56 Å².